The third-order valence-electron chi connectivity index (χ3n) is 3.02. The lowest BCUT2D eigenvalue weighted by Gasteiger charge is -2.07. The van der Waals surface area contributed by atoms with Gasteiger partial charge in [0.05, 0.1) is 7.11 Å². The van der Waals surface area contributed by atoms with Gasteiger partial charge in [-0.1, -0.05) is 13.8 Å². The molecule has 0 radical (unpaired) electrons. The number of ether oxygens (including phenoxy) is 1. The Morgan fingerprint density at radius 2 is 1.40 bits per heavy atom. The molecule has 0 fully saturated rings. The lowest BCUT2D eigenvalue weighted by molar-refractivity contribution is 0.415. The lowest BCUT2D eigenvalue weighted by atomic mass is 10.2. The third-order valence-corrected chi connectivity index (χ3v) is 3.02. The topological polar surface area (TPSA) is 47.9 Å². The van der Waals surface area contributed by atoms with Gasteiger partial charge in [-0.3, -0.25) is 0 Å². The fourth-order valence-electron chi connectivity index (χ4n) is 2.01. The van der Waals surface area contributed by atoms with Gasteiger partial charge in [-0.25, -0.2) is 15.0 Å². The van der Waals surface area contributed by atoms with E-state index in [0.717, 1.165) is 54.5 Å². The Hall–Kier alpha value is -1.97. The SMILES string of the molecule is CCCc1nc(CCC)nc(-c2ccc(OC)cc2)n1. The van der Waals surface area contributed by atoms with Gasteiger partial charge in [-0.05, 0) is 37.1 Å². The van der Waals surface area contributed by atoms with Gasteiger partial charge in [0, 0.05) is 18.4 Å². The molecule has 4 nitrogen and oxygen atoms in total. The number of benzene rings is 1. The van der Waals surface area contributed by atoms with Crippen LogP contribution < -0.4 is 4.74 Å². The molecule has 0 unspecified atom stereocenters. The van der Waals surface area contributed by atoms with E-state index in [2.05, 4.69) is 28.8 Å². The number of rotatable bonds is 6. The number of nitrogens with zero attached hydrogens (tertiary/aromatic N) is 3. The van der Waals surface area contributed by atoms with Gasteiger partial charge in [0.25, 0.3) is 0 Å². The van der Waals surface area contributed by atoms with E-state index in [4.69, 9.17) is 4.74 Å². The molecular weight excluding hydrogens is 250 g/mol. The summed E-state index contributed by atoms with van der Waals surface area (Å²) in [5.41, 5.74) is 1.00. The van der Waals surface area contributed by atoms with Crippen LogP contribution in [0.5, 0.6) is 5.75 Å². The molecule has 0 N–H and O–H groups in total. The molecule has 106 valence electrons. The molecule has 0 aliphatic rings. The van der Waals surface area contributed by atoms with E-state index in [1.54, 1.807) is 7.11 Å². The Kier molecular flexibility index (Phi) is 5.04. The van der Waals surface area contributed by atoms with E-state index in [0.29, 0.717) is 0 Å². The van der Waals surface area contributed by atoms with E-state index >= 15 is 0 Å². The molecule has 0 atom stereocenters. The Morgan fingerprint density at radius 1 is 0.850 bits per heavy atom. The summed E-state index contributed by atoms with van der Waals surface area (Å²) in [6, 6.07) is 7.83. The molecule has 1 aromatic carbocycles. The van der Waals surface area contributed by atoms with Crippen molar-refractivity contribution in [2.75, 3.05) is 7.11 Å². The number of aryl methyl sites for hydroxylation is 2. The molecule has 1 aromatic heterocycles. The van der Waals surface area contributed by atoms with Crippen molar-refractivity contribution in [1.29, 1.82) is 0 Å². The molecule has 0 amide bonds. The van der Waals surface area contributed by atoms with Crippen molar-refractivity contribution in [3.05, 3.63) is 35.9 Å². The Bertz CT molecular complexity index is 528. The van der Waals surface area contributed by atoms with E-state index in [-0.39, 0.29) is 0 Å². The van der Waals surface area contributed by atoms with Crippen LogP contribution in [0.4, 0.5) is 0 Å². The average molecular weight is 271 g/mol. The van der Waals surface area contributed by atoms with Gasteiger partial charge in [0.1, 0.15) is 17.4 Å². The van der Waals surface area contributed by atoms with Crippen LogP contribution in [0.25, 0.3) is 11.4 Å². The first-order valence-corrected chi connectivity index (χ1v) is 7.15. The fourth-order valence-corrected chi connectivity index (χ4v) is 2.01. The number of hydrogen-bond donors (Lipinski definition) is 0. The van der Waals surface area contributed by atoms with Gasteiger partial charge in [0.15, 0.2) is 5.82 Å². The smallest absolute Gasteiger partial charge is 0.163 e. The molecular formula is C16H21N3O. The van der Waals surface area contributed by atoms with Gasteiger partial charge in [-0.15, -0.1) is 0 Å². The molecule has 20 heavy (non-hydrogen) atoms. The first kappa shape index (κ1) is 14.4. The minimum absolute atomic E-state index is 0.759. The monoisotopic (exact) mass is 271 g/mol. The predicted octanol–water partition coefficient (Wildman–Crippen LogP) is 3.45. The van der Waals surface area contributed by atoms with Crippen molar-refractivity contribution in [3.63, 3.8) is 0 Å². The summed E-state index contributed by atoms with van der Waals surface area (Å²) < 4.78 is 5.18. The largest absolute Gasteiger partial charge is 0.497 e. The summed E-state index contributed by atoms with van der Waals surface area (Å²) in [6.45, 7) is 4.27. The van der Waals surface area contributed by atoms with E-state index in [1.807, 2.05) is 24.3 Å². The minimum Gasteiger partial charge on any atom is -0.497 e. The molecule has 1 heterocycles. The summed E-state index contributed by atoms with van der Waals surface area (Å²) in [6.07, 6.45) is 3.86. The van der Waals surface area contributed by atoms with Crippen molar-refractivity contribution in [2.45, 2.75) is 39.5 Å². The van der Waals surface area contributed by atoms with Crippen molar-refractivity contribution in [2.24, 2.45) is 0 Å². The number of hydrogen-bond acceptors (Lipinski definition) is 4. The zero-order valence-corrected chi connectivity index (χ0v) is 12.4. The highest BCUT2D eigenvalue weighted by atomic mass is 16.5. The maximum atomic E-state index is 5.18. The Morgan fingerprint density at radius 3 is 1.85 bits per heavy atom. The second kappa shape index (κ2) is 6.98. The quantitative estimate of drug-likeness (QED) is 0.807. The molecule has 2 rings (SSSR count). The van der Waals surface area contributed by atoms with Crippen LogP contribution in [0.2, 0.25) is 0 Å². The van der Waals surface area contributed by atoms with Crippen molar-refractivity contribution in [1.82, 2.24) is 15.0 Å². The van der Waals surface area contributed by atoms with E-state index in [9.17, 15) is 0 Å². The summed E-state index contributed by atoms with van der Waals surface area (Å²) >= 11 is 0. The van der Waals surface area contributed by atoms with Gasteiger partial charge >= 0.3 is 0 Å². The zero-order chi connectivity index (χ0) is 14.4. The van der Waals surface area contributed by atoms with Crippen LogP contribution in [-0.4, -0.2) is 22.1 Å². The average Bonchev–Trinajstić information content (AvgIpc) is 2.48. The highest BCUT2D eigenvalue weighted by Gasteiger charge is 2.08. The van der Waals surface area contributed by atoms with Gasteiger partial charge in [0.2, 0.25) is 0 Å². The number of methoxy groups -OCH3 is 1. The minimum atomic E-state index is 0.759. The van der Waals surface area contributed by atoms with Gasteiger partial charge < -0.3 is 4.74 Å². The highest BCUT2D eigenvalue weighted by Crippen LogP contribution is 2.19. The molecule has 0 spiro atoms. The molecule has 0 saturated carbocycles. The maximum Gasteiger partial charge on any atom is 0.163 e. The van der Waals surface area contributed by atoms with Gasteiger partial charge in [-0.2, -0.15) is 0 Å². The summed E-state index contributed by atoms with van der Waals surface area (Å²) in [5, 5.41) is 0. The van der Waals surface area contributed by atoms with Crippen LogP contribution in [0, 0.1) is 0 Å². The number of aromatic nitrogens is 3. The normalized spacial score (nSPS) is 10.6. The lowest BCUT2D eigenvalue weighted by Crippen LogP contribution is -2.05. The molecule has 0 saturated heterocycles. The summed E-state index contributed by atoms with van der Waals surface area (Å²) in [7, 11) is 1.66. The second-order valence-electron chi connectivity index (χ2n) is 4.72. The van der Waals surface area contributed by atoms with Crippen LogP contribution in [0.1, 0.15) is 38.3 Å². The van der Waals surface area contributed by atoms with Crippen LogP contribution in [0.3, 0.4) is 0 Å². The first-order chi connectivity index (χ1) is 9.76. The molecule has 0 aliphatic carbocycles. The standard InChI is InChI=1S/C16H21N3O/c1-4-6-14-17-15(7-5-2)19-16(18-14)12-8-10-13(20-3)11-9-12/h8-11H,4-7H2,1-3H3. The molecule has 2 aromatic rings. The fraction of sp³-hybridized carbons (Fsp3) is 0.438. The first-order valence-electron chi connectivity index (χ1n) is 7.15. The predicted molar refractivity (Wildman–Crippen MR) is 79.8 cm³/mol. The third kappa shape index (κ3) is 3.53. The molecule has 4 heteroatoms. The van der Waals surface area contributed by atoms with E-state index < -0.39 is 0 Å². The second-order valence-corrected chi connectivity index (χ2v) is 4.72. The Labute approximate surface area is 120 Å². The van der Waals surface area contributed by atoms with Crippen molar-refractivity contribution >= 4 is 0 Å². The Balaban J connectivity index is 2.37. The zero-order valence-electron chi connectivity index (χ0n) is 12.4. The van der Waals surface area contributed by atoms with Crippen molar-refractivity contribution < 1.29 is 4.74 Å². The summed E-state index contributed by atoms with van der Waals surface area (Å²) in [5.74, 6) is 3.37. The summed E-state index contributed by atoms with van der Waals surface area (Å²) in [4.78, 5) is 13.7. The van der Waals surface area contributed by atoms with E-state index in [1.165, 1.54) is 0 Å². The van der Waals surface area contributed by atoms with Crippen LogP contribution >= 0.6 is 0 Å². The van der Waals surface area contributed by atoms with Crippen LogP contribution in [0.15, 0.2) is 24.3 Å². The van der Waals surface area contributed by atoms with Crippen LogP contribution in [-0.2, 0) is 12.8 Å². The van der Waals surface area contributed by atoms with Crippen molar-refractivity contribution in [3.8, 4) is 17.1 Å². The molecule has 0 aliphatic heterocycles. The molecule has 0 bridgehead atoms. The maximum absolute atomic E-state index is 5.18. The highest BCUT2D eigenvalue weighted by molar-refractivity contribution is 5.56.